The molecule has 0 fully saturated rings. The second-order valence-electron chi connectivity index (χ2n) is 9.20. The zero-order valence-electron chi connectivity index (χ0n) is 19.8. The number of carboxylic acids is 1. The summed E-state index contributed by atoms with van der Waals surface area (Å²) in [6, 6.07) is 11.7. The molecule has 0 unspecified atom stereocenters. The molecule has 0 bridgehead atoms. The quantitative estimate of drug-likeness (QED) is 0.474. The van der Waals surface area contributed by atoms with Crippen molar-refractivity contribution in [2.24, 2.45) is 5.41 Å². The van der Waals surface area contributed by atoms with Crippen LogP contribution in [0.1, 0.15) is 33.2 Å². The first-order chi connectivity index (χ1) is 16.1. The normalized spacial score (nSPS) is 13.1. The van der Waals surface area contributed by atoms with Crippen molar-refractivity contribution in [2.45, 2.75) is 39.3 Å². The summed E-state index contributed by atoms with van der Waals surface area (Å²) in [4.78, 5) is 40.9. The minimum absolute atomic E-state index is 0.298. The third kappa shape index (κ3) is 5.89. The fraction of sp³-hybridized carbons (Fsp3) is 0.308. The van der Waals surface area contributed by atoms with E-state index in [2.05, 4.69) is 15.6 Å². The van der Waals surface area contributed by atoms with Gasteiger partial charge in [0.25, 0.3) is 0 Å². The highest BCUT2D eigenvalue weighted by Gasteiger charge is 2.33. The molecule has 2 amide bonds. The van der Waals surface area contributed by atoms with Crippen molar-refractivity contribution in [3.05, 3.63) is 67.3 Å². The van der Waals surface area contributed by atoms with E-state index < -0.39 is 29.4 Å². The van der Waals surface area contributed by atoms with E-state index in [0.29, 0.717) is 0 Å². The monoisotopic (exact) mass is 462 g/mol. The zero-order valence-corrected chi connectivity index (χ0v) is 19.8. The third-order valence-corrected chi connectivity index (χ3v) is 5.65. The van der Waals surface area contributed by atoms with E-state index in [9.17, 15) is 19.5 Å². The average molecular weight is 463 g/mol. The lowest BCUT2D eigenvalue weighted by atomic mass is 9.86. The number of carboxylic acid groups (broad SMARTS) is 1. The van der Waals surface area contributed by atoms with Gasteiger partial charge in [-0.2, -0.15) is 0 Å². The average Bonchev–Trinajstić information content (AvgIpc) is 3.30. The number of carbonyl (C=O) groups excluding carboxylic acids is 2. The minimum atomic E-state index is -1.13. The number of benzene rings is 1. The first-order valence-corrected chi connectivity index (χ1v) is 11.0. The van der Waals surface area contributed by atoms with Crippen LogP contribution in [0.15, 0.2) is 67.3 Å². The molecule has 2 aromatic heterocycles. The van der Waals surface area contributed by atoms with Crippen LogP contribution in [-0.4, -0.2) is 45.5 Å². The van der Waals surface area contributed by atoms with Crippen LogP contribution >= 0.6 is 0 Å². The number of carbonyl (C=O) groups is 3. The standard InChI is InChI=1S/C26H30N4O4/c1-26(2,3)23(24(32)27-4)29-22(31)15-21(25(33)34)30-14-11-20(16-30)18-7-5-17(6-8-18)19-9-12-28-13-10-19/h5-14,16,21,23H,15H2,1-4H3,(H,27,32)(H,29,31)(H,33,34)/t21-,23-/m1/s1. The third-order valence-electron chi connectivity index (χ3n) is 5.65. The van der Waals surface area contributed by atoms with Crippen molar-refractivity contribution >= 4 is 17.8 Å². The molecule has 0 aliphatic carbocycles. The lowest BCUT2D eigenvalue weighted by Gasteiger charge is -2.30. The van der Waals surface area contributed by atoms with Gasteiger partial charge in [-0.15, -0.1) is 0 Å². The van der Waals surface area contributed by atoms with E-state index >= 15 is 0 Å². The number of aromatic nitrogens is 2. The van der Waals surface area contributed by atoms with Crippen LogP contribution in [0.2, 0.25) is 0 Å². The van der Waals surface area contributed by atoms with Crippen LogP contribution in [0.3, 0.4) is 0 Å². The predicted octanol–water partition coefficient (Wildman–Crippen LogP) is 3.51. The topological polar surface area (TPSA) is 113 Å². The van der Waals surface area contributed by atoms with Crippen LogP contribution in [0.25, 0.3) is 22.3 Å². The molecule has 0 aliphatic heterocycles. The number of pyridine rings is 1. The maximum absolute atomic E-state index is 12.7. The van der Waals surface area contributed by atoms with Gasteiger partial charge in [-0.05, 0) is 45.9 Å². The summed E-state index contributed by atoms with van der Waals surface area (Å²) in [5.41, 5.74) is 3.34. The lowest BCUT2D eigenvalue weighted by Crippen LogP contribution is -2.53. The molecule has 2 atom stereocenters. The molecular formula is C26H30N4O4. The van der Waals surface area contributed by atoms with Crippen molar-refractivity contribution in [2.75, 3.05) is 7.05 Å². The first kappa shape index (κ1) is 24.7. The Morgan fingerprint density at radius 3 is 2.03 bits per heavy atom. The maximum atomic E-state index is 12.7. The van der Waals surface area contributed by atoms with Crippen LogP contribution < -0.4 is 10.6 Å². The zero-order chi connectivity index (χ0) is 24.9. The van der Waals surface area contributed by atoms with Crippen molar-refractivity contribution in [3.63, 3.8) is 0 Å². The van der Waals surface area contributed by atoms with E-state index in [-0.39, 0.29) is 12.3 Å². The molecule has 2 heterocycles. The number of likely N-dealkylation sites (N-methyl/N-ethyl adjacent to an activating group) is 1. The molecule has 0 saturated carbocycles. The van der Waals surface area contributed by atoms with E-state index in [1.54, 1.807) is 24.8 Å². The van der Waals surface area contributed by atoms with Gasteiger partial charge >= 0.3 is 5.97 Å². The van der Waals surface area contributed by atoms with Gasteiger partial charge in [0.05, 0.1) is 6.42 Å². The lowest BCUT2D eigenvalue weighted by molar-refractivity contribution is -0.143. The highest BCUT2D eigenvalue weighted by molar-refractivity contribution is 5.90. The molecule has 1 aromatic carbocycles. The molecule has 34 heavy (non-hydrogen) atoms. The van der Waals surface area contributed by atoms with Gasteiger partial charge in [0.2, 0.25) is 11.8 Å². The summed E-state index contributed by atoms with van der Waals surface area (Å²) in [6.07, 6.45) is 6.55. The molecule has 0 spiro atoms. The van der Waals surface area contributed by atoms with Crippen LogP contribution in [0, 0.1) is 5.41 Å². The number of amides is 2. The Kier molecular flexibility index (Phi) is 7.50. The summed E-state index contributed by atoms with van der Waals surface area (Å²) in [7, 11) is 1.50. The SMILES string of the molecule is CNC(=O)[C@@H](NC(=O)C[C@H](C(=O)O)n1ccc(-c2ccc(-c3ccncc3)cc2)c1)C(C)(C)C. The smallest absolute Gasteiger partial charge is 0.327 e. The van der Waals surface area contributed by atoms with Gasteiger partial charge < -0.3 is 20.3 Å². The van der Waals surface area contributed by atoms with Gasteiger partial charge in [0.15, 0.2) is 0 Å². The van der Waals surface area contributed by atoms with Gasteiger partial charge in [0.1, 0.15) is 12.1 Å². The molecule has 3 N–H and O–H groups in total. The summed E-state index contributed by atoms with van der Waals surface area (Å²) in [5, 5.41) is 15.0. The van der Waals surface area contributed by atoms with Gasteiger partial charge in [-0.3, -0.25) is 14.6 Å². The van der Waals surface area contributed by atoms with Crippen molar-refractivity contribution in [1.29, 1.82) is 0 Å². The minimum Gasteiger partial charge on any atom is -0.480 e. The molecule has 178 valence electrons. The van der Waals surface area contributed by atoms with Crippen LogP contribution in [-0.2, 0) is 14.4 Å². The number of nitrogens with zero attached hydrogens (tertiary/aromatic N) is 2. The summed E-state index contributed by atoms with van der Waals surface area (Å²) < 4.78 is 1.51. The van der Waals surface area contributed by atoms with Gasteiger partial charge in [-0.25, -0.2) is 4.79 Å². The van der Waals surface area contributed by atoms with Crippen LogP contribution in [0.4, 0.5) is 0 Å². The molecule has 3 aromatic rings. The summed E-state index contributed by atoms with van der Waals surface area (Å²) in [6.45, 7) is 5.50. The molecule has 8 heteroatoms. The number of hydrogen-bond donors (Lipinski definition) is 3. The van der Waals surface area contributed by atoms with Crippen molar-refractivity contribution in [1.82, 2.24) is 20.2 Å². The second kappa shape index (κ2) is 10.3. The van der Waals surface area contributed by atoms with E-state index in [4.69, 9.17) is 0 Å². The summed E-state index contributed by atoms with van der Waals surface area (Å²) in [5.74, 6) is -1.96. The van der Waals surface area contributed by atoms with E-state index in [1.807, 2.05) is 63.2 Å². The Balaban J connectivity index is 1.75. The Morgan fingerprint density at radius 1 is 0.941 bits per heavy atom. The Bertz CT molecular complexity index is 1150. The number of hydrogen-bond acceptors (Lipinski definition) is 4. The molecular weight excluding hydrogens is 432 g/mol. The predicted molar refractivity (Wildman–Crippen MR) is 130 cm³/mol. The highest BCUT2D eigenvalue weighted by atomic mass is 16.4. The summed E-state index contributed by atoms with van der Waals surface area (Å²) >= 11 is 0. The number of nitrogens with one attached hydrogen (secondary N) is 2. The van der Waals surface area contributed by atoms with E-state index in [0.717, 1.165) is 22.3 Å². The van der Waals surface area contributed by atoms with Crippen molar-refractivity contribution in [3.8, 4) is 22.3 Å². The fourth-order valence-corrected chi connectivity index (χ4v) is 3.71. The maximum Gasteiger partial charge on any atom is 0.327 e. The second-order valence-corrected chi connectivity index (χ2v) is 9.20. The Labute approximate surface area is 199 Å². The molecule has 0 aliphatic rings. The fourth-order valence-electron chi connectivity index (χ4n) is 3.71. The molecule has 0 saturated heterocycles. The Hall–Kier alpha value is -3.94. The van der Waals surface area contributed by atoms with Crippen LogP contribution in [0.5, 0.6) is 0 Å². The number of rotatable bonds is 8. The molecule has 3 rings (SSSR count). The van der Waals surface area contributed by atoms with Gasteiger partial charge in [0, 0.05) is 31.8 Å². The first-order valence-electron chi connectivity index (χ1n) is 11.0. The molecule has 8 nitrogen and oxygen atoms in total. The highest BCUT2D eigenvalue weighted by Crippen LogP contribution is 2.27. The van der Waals surface area contributed by atoms with E-state index in [1.165, 1.54) is 11.6 Å². The van der Waals surface area contributed by atoms with Gasteiger partial charge in [-0.1, -0.05) is 45.0 Å². The molecule has 0 radical (unpaired) electrons. The Morgan fingerprint density at radius 2 is 1.50 bits per heavy atom. The number of aliphatic carboxylic acids is 1. The van der Waals surface area contributed by atoms with Crippen molar-refractivity contribution < 1.29 is 19.5 Å². The largest absolute Gasteiger partial charge is 0.480 e.